The SMILES string of the molecule is COc1c(C)cc(C)cc1CCC(CN)CN. The maximum absolute atomic E-state index is 5.67. The van der Waals surface area contributed by atoms with Crippen LogP contribution in [0, 0.1) is 19.8 Å². The zero-order valence-electron chi connectivity index (χ0n) is 11.1. The molecule has 1 aromatic carbocycles. The second-order valence-electron chi connectivity index (χ2n) is 4.65. The van der Waals surface area contributed by atoms with Crippen molar-refractivity contribution in [1.82, 2.24) is 0 Å². The van der Waals surface area contributed by atoms with E-state index in [4.69, 9.17) is 16.2 Å². The lowest BCUT2D eigenvalue weighted by molar-refractivity contribution is 0.403. The first-order chi connectivity index (χ1) is 8.12. The molecule has 0 bridgehead atoms. The van der Waals surface area contributed by atoms with Gasteiger partial charge in [-0.3, -0.25) is 0 Å². The van der Waals surface area contributed by atoms with Crippen molar-refractivity contribution in [3.63, 3.8) is 0 Å². The Morgan fingerprint density at radius 2 is 1.82 bits per heavy atom. The molecule has 0 unspecified atom stereocenters. The lowest BCUT2D eigenvalue weighted by atomic mass is 9.96. The van der Waals surface area contributed by atoms with Gasteiger partial charge in [0.05, 0.1) is 7.11 Å². The average Bonchev–Trinajstić information content (AvgIpc) is 2.29. The molecule has 3 heteroatoms. The number of methoxy groups -OCH3 is 1. The van der Waals surface area contributed by atoms with Crippen molar-refractivity contribution in [2.75, 3.05) is 20.2 Å². The first-order valence-corrected chi connectivity index (χ1v) is 6.16. The Morgan fingerprint density at radius 3 is 2.35 bits per heavy atom. The molecule has 0 radical (unpaired) electrons. The van der Waals surface area contributed by atoms with Crippen molar-refractivity contribution in [3.05, 3.63) is 28.8 Å². The molecule has 0 saturated carbocycles. The van der Waals surface area contributed by atoms with Crippen LogP contribution in [-0.2, 0) is 6.42 Å². The van der Waals surface area contributed by atoms with Gasteiger partial charge < -0.3 is 16.2 Å². The van der Waals surface area contributed by atoms with Gasteiger partial charge in [-0.15, -0.1) is 0 Å². The van der Waals surface area contributed by atoms with Gasteiger partial charge in [-0.05, 0) is 56.8 Å². The quantitative estimate of drug-likeness (QED) is 0.791. The Bertz CT molecular complexity index is 359. The van der Waals surface area contributed by atoms with Crippen molar-refractivity contribution < 1.29 is 4.74 Å². The molecule has 1 rings (SSSR count). The predicted octanol–water partition coefficient (Wildman–Crippen LogP) is 1.78. The Labute approximate surface area is 104 Å². The third-order valence-corrected chi connectivity index (χ3v) is 3.19. The third-order valence-electron chi connectivity index (χ3n) is 3.19. The molecule has 96 valence electrons. The molecule has 0 spiro atoms. The van der Waals surface area contributed by atoms with Gasteiger partial charge in [0.15, 0.2) is 0 Å². The van der Waals surface area contributed by atoms with Crippen molar-refractivity contribution in [2.24, 2.45) is 17.4 Å². The van der Waals surface area contributed by atoms with E-state index in [2.05, 4.69) is 26.0 Å². The number of hydrogen-bond acceptors (Lipinski definition) is 3. The molecule has 0 saturated heterocycles. The lowest BCUT2D eigenvalue weighted by Gasteiger charge is -2.16. The van der Waals surface area contributed by atoms with Crippen LogP contribution in [0.3, 0.4) is 0 Å². The highest BCUT2D eigenvalue weighted by Gasteiger charge is 2.10. The molecular weight excluding hydrogens is 212 g/mol. The largest absolute Gasteiger partial charge is 0.496 e. The minimum absolute atomic E-state index is 0.403. The molecule has 1 aromatic rings. The van der Waals surface area contributed by atoms with E-state index in [1.165, 1.54) is 16.7 Å². The second kappa shape index (κ2) is 6.62. The van der Waals surface area contributed by atoms with E-state index in [0.717, 1.165) is 18.6 Å². The molecule has 3 nitrogen and oxygen atoms in total. The van der Waals surface area contributed by atoms with Crippen molar-refractivity contribution in [2.45, 2.75) is 26.7 Å². The number of hydrogen-bond donors (Lipinski definition) is 2. The summed E-state index contributed by atoms with van der Waals surface area (Å²) in [6.07, 6.45) is 2.00. The minimum Gasteiger partial charge on any atom is -0.496 e. The number of rotatable bonds is 6. The number of aryl methyl sites for hydroxylation is 3. The number of ether oxygens (including phenoxy) is 1. The average molecular weight is 236 g/mol. The van der Waals surface area contributed by atoms with Gasteiger partial charge in [0, 0.05) is 0 Å². The van der Waals surface area contributed by atoms with Gasteiger partial charge in [-0.1, -0.05) is 17.7 Å². The summed E-state index contributed by atoms with van der Waals surface area (Å²) in [5, 5.41) is 0. The highest BCUT2D eigenvalue weighted by Crippen LogP contribution is 2.26. The maximum Gasteiger partial charge on any atom is 0.124 e. The summed E-state index contributed by atoms with van der Waals surface area (Å²) in [7, 11) is 1.73. The van der Waals surface area contributed by atoms with Crippen molar-refractivity contribution in [3.8, 4) is 5.75 Å². The van der Waals surface area contributed by atoms with Crippen molar-refractivity contribution >= 4 is 0 Å². The van der Waals surface area contributed by atoms with Crippen LogP contribution in [0.25, 0.3) is 0 Å². The Hall–Kier alpha value is -1.06. The highest BCUT2D eigenvalue weighted by atomic mass is 16.5. The van der Waals surface area contributed by atoms with E-state index >= 15 is 0 Å². The van der Waals surface area contributed by atoms with Gasteiger partial charge >= 0.3 is 0 Å². The molecule has 17 heavy (non-hydrogen) atoms. The summed E-state index contributed by atoms with van der Waals surface area (Å²) in [4.78, 5) is 0. The zero-order valence-corrected chi connectivity index (χ0v) is 11.1. The van der Waals surface area contributed by atoms with E-state index in [9.17, 15) is 0 Å². The fourth-order valence-electron chi connectivity index (χ4n) is 2.21. The molecule has 0 aliphatic rings. The molecule has 4 N–H and O–H groups in total. The van der Waals surface area contributed by atoms with Crippen LogP contribution in [0.5, 0.6) is 5.75 Å². The van der Waals surface area contributed by atoms with Crippen LogP contribution in [-0.4, -0.2) is 20.2 Å². The summed E-state index contributed by atoms with van der Waals surface area (Å²) in [6.45, 7) is 5.51. The van der Waals surface area contributed by atoms with Gasteiger partial charge in [-0.25, -0.2) is 0 Å². The minimum atomic E-state index is 0.403. The van der Waals surface area contributed by atoms with Crippen LogP contribution in [0.15, 0.2) is 12.1 Å². The molecule has 0 aliphatic heterocycles. The molecule has 0 atom stereocenters. The molecule has 0 aromatic heterocycles. The summed E-state index contributed by atoms with van der Waals surface area (Å²) in [5.41, 5.74) is 15.1. The second-order valence-corrected chi connectivity index (χ2v) is 4.65. The van der Waals surface area contributed by atoms with E-state index in [0.29, 0.717) is 19.0 Å². The van der Waals surface area contributed by atoms with Crippen LogP contribution in [0.2, 0.25) is 0 Å². The van der Waals surface area contributed by atoms with Crippen LogP contribution in [0.1, 0.15) is 23.1 Å². The zero-order chi connectivity index (χ0) is 12.8. The van der Waals surface area contributed by atoms with E-state index in [-0.39, 0.29) is 0 Å². The predicted molar refractivity (Wildman–Crippen MR) is 72.4 cm³/mol. The summed E-state index contributed by atoms with van der Waals surface area (Å²) >= 11 is 0. The smallest absolute Gasteiger partial charge is 0.124 e. The molecule has 0 fully saturated rings. The molecule has 0 heterocycles. The fourth-order valence-corrected chi connectivity index (χ4v) is 2.21. The first-order valence-electron chi connectivity index (χ1n) is 6.16. The van der Waals surface area contributed by atoms with Gasteiger partial charge in [-0.2, -0.15) is 0 Å². The van der Waals surface area contributed by atoms with Gasteiger partial charge in [0.2, 0.25) is 0 Å². The maximum atomic E-state index is 5.67. The van der Waals surface area contributed by atoms with E-state index in [1.807, 2.05) is 0 Å². The van der Waals surface area contributed by atoms with E-state index < -0.39 is 0 Å². The highest BCUT2D eigenvalue weighted by molar-refractivity contribution is 5.43. The van der Waals surface area contributed by atoms with Gasteiger partial charge in [0.25, 0.3) is 0 Å². The number of nitrogens with two attached hydrogens (primary N) is 2. The third kappa shape index (κ3) is 3.72. The van der Waals surface area contributed by atoms with E-state index in [1.54, 1.807) is 7.11 Å². The Balaban J connectivity index is 2.82. The topological polar surface area (TPSA) is 61.3 Å². The summed E-state index contributed by atoms with van der Waals surface area (Å²) in [5.74, 6) is 1.41. The summed E-state index contributed by atoms with van der Waals surface area (Å²) in [6, 6.07) is 4.33. The van der Waals surface area contributed by atoms with Crippen molar-refractivity contribution in [1.29, 1.82) is 0 Å². The van der Waals surface area contributed by atoms with Crippen LogP contribution >= 0.6 is 0 Å². The molecule has 0 aliphatic carbocycles. The monoisotopic (exact) mass is 236 g/mol. The van der Waals surface area contributed by atoms with Crippen LogP contribution < -0.4 is 16.2 Å². The first kappa shape index (κ1) is 14.0. The molecular formula is C14H24N2O. The lowest BCUT2D eigenvalue weighted by Crippen LogP contribution is -2.23. The fraction of sp³-hybridized carbons (Fsp3) is 0.571. The number of benzene rings is 1. The molecule has 0 amide bonds. The van der Waals surface area contributed by atoms with Crippen LogP contribution in [0.4, 0.5) is 0 Å². The Morgan fingerprint density at radius 1 is 1.18 bits per heavy atom. The van der Waals surface area contributed by atoms with Gasteiger partial charge in [0.1, 0.15) is 5.75 Å². The normalized spacial score (nSPS) is 10.9. The Kier molecular flexibility index (Phi) is 5.45. The summed E-state index contributed by atoms with van der Waals surface area (Å²) < 4.78 is 5.47. The standard InChI is InChI=1S/C14H24N2O/c1-10-6-11(2)14(17-3)13(7-10)5-4-12(8-15)9-16/h6-7,12H,4-5,8-9,15-16H2,1-3H3.